The van der Waals surface area contributed by atoms with Crippen LogP contribution in [-0.4, -0.2) is 44.4 Å². The zero-order valence-corrected chi connectivity index (χ0v) is 19.0. The molecule has 1 saturated heterocycles. The first kappa shape index (κ1) is 20.9. The summed E-state index contributed by atoms with van der Waals surface area (Å²) < 4.78 is 34.9. The molecule has 1 aromatic heterocycles. The van der Waals surface area contributed by atoms with Crippen molar-refractivity contribution < 1.29 is 17.9 Å². The first-order chi connectivity index (χ1) is 15.0. The number of thiophene rings is 1. The zero-order chi connectivity index (χ0) is 21.6. The SMILES string of the molecule is O=CC1OCc2cc(Cl)ccc2N1C1CCN(S(=O)(=O)c2csc3ccccc23)CC1. The Hall–Kier alpha value is -1.97. The summed E-state index contributed by atoms with van der Waals surface area (Å²) in [7, 11) is -3.58. The van der Waals surface area contributed by atoms with Gasteiger partial charge >= 0.3 is 0 Å². The first-order valence-corrected chi connectivity index (χ1v) is 12.8. The van der Waals surface area contributed by atoms with Gasteiger partial charge in [-0.05, 0) is 37.1 Å². The number of carbonyl (C=O) groups is 1. The molecule has 2 aliphatic rings. The predicted molar refractivity (Wildman–Crippen MR) is 122 cm³/mol. The molecule has 162 valence electrons. The van der Waals surface area contributed by atoms with E-state index in [2.05, 4.69) is 0 Å². The molecular weight excluding hydrogens is 456 g/mol. The lowest BCUT2D eigenvalue weighted by Gasteiger charge is -2.44. The molecule has 0 N–H and O–H groups in total. The van der Waals surface area contributed by atoms with Crippen molar-refractivity contribution in [2.45, 2.75) is 36.6 Å². The molecule has 1 fully saturated rings. The van der Waals surface area contributed by atoms with E-state index in [-0.39, 0.29) is 6.04 Å². The molecule has 5 rings (SSSR count). The Morgan fingerprint density at radius 2 is 1.90 bits per heavy atom. The number of piperidine rings is 1. The summed E-state index contributed by atoms with van der Waals surface area (Å²) in [5.41, 5.74) is 1.86. The van der Waals surface area contributed by atoms with Crippen molar-refractivity contribution in [3.05, 3.63) is 58.4 Å². The lowest BCUT2D eigenvalue weighted by atomic mass is 10.0. The van der Waals surface area contributed by atoms with Crippen molar-refractivity contribution in [2.75, 3.05) is 18.0 Å². The maximum atomic E-state index is 13.3. The standard InChI is InChI=1S/C22H21ClN2O4S2/c23-16-5-6-19-15(11-16)13-29-22(12-26)25(19)17-7-9-24(10-8-17)31(27,28)21-14-30-20-4-2-1-3-18(20)21/h1-6,11-12,14,17,22H,7-10,13H2. The average molecular weight is 477 g/mol. The van der Waals surface area contributed by atoms with Gasteiger partial charge < -0.3 is 9.64 Å². The van der Waals surface area contributed by atoms with Gasteiger partial charge in [0.15, 0.2) is 12.5 Å². The second-order valence-electron chi connectivity index (χ2n) is 7.75. The van der Waals surface area contributed by atoms with Gasteiger partial charge in [0.25, 0.3) is 0 Å². The molecule has 9 heteroatoms. The predicted octanol–water partition coefficient (Wildman–Crippen LogP) is 4.27. The molecule has 2 aromatic carbocycles. The number of rotatable bonds is 4. The highest BCUT2D eigenvalue weighted by Gasteiger charge is 2.37. The van der Waals surface area contributed by atoms with Gasteiger partial charge in [-0.25, -0.2) is 8.42 Å². The molecule has 31 heavy (non-hydrogen) atoms. The van der Waals surface area contributed by atoms with E-state index in [4.69, 9.17) is 16.3 Å². The normalized spacial score (nSPS) is 20.7. The Labute approximate surface area is 190 Å². The van der Waals surface area contributed by atoms with Crippen molar-refractivity contribution in [3.63, 3.8) is 0 Å². The summed E-state index contributed by atoms with van der Waals surface area (Å²) in [6.07, 6.45) is 1.34. The highest BCUT2D eigenvalue weighted by molar-refractivity contribution is 7.89. The van der Waals surface area contributed by atoms with Crippen LogP contribution < -0.4 is 4.90 Å². The molecule has 1 unspecified atom stereocenters. The number of aldehydes is 1. The number of hydrogen-bond donors (Lipinski definition) is 0. The van der Waals surface area contributed by atoms with Crippen LogP contribution in [0.1, 0.15) is 18.4 Å². The Kier molecular flexibility index (Phi) is 5.52. The van der Waals surface area contributed by atoms with Crippen LogP contribution in [0.15, 0.2) is 52.7 Å². The van der Waals surface area contributed by atoms with Gasteiger partial charge in [-0.1, -0.05) is 29.8 Å². The second kappa shape index (κ2) is 8.18. The number of fused-ring (bicyclic) bond motifs is 2. The molecule has 0 radical (unpaired) electrons. The van der Waals surface area contributed by atoms with Gasteiger partial charge in [0.2, 0.25) is 10.0 Å². The molecule has 6 nitrogen and oxygen atoms in total. The molecular formula is C22H21ClN2O4S2. The molecule has 0 aliphatic carbocycles. The third-order valence-electron chi connectivity index (χ3n) is 6.00. The maximum absolute atomic E-state index is 13.3. The van der Waals surface area contributed by atoms with Crippen LogP contribution in [0.5, 0.6) is 0 Å². The highest BCUT2D eigenvalue weighted by atomic mass is 35.5. The number of hydrogen-bond acceptors (Lipinski definition) is 6. The van der Waals surface area contributed by atoms with Crippen molar-refractivity contribution in [3.8, 4) is 0 Å². The van der Waals surface area contributed by atoms with Gasteiger partial charge in [0, 0.05) is 50.9 Å². The first-order valence-electron chi connectivity index (χ1n) is 10.1. The van der Waals surface area contributed by atoms with Gasteiger partial charge in [-0.3, -0.25) is 4.79 Å². The number of benzene rings is 2. The van der Waals surface area contributed by atoms with Crippen molar-refractivity contribution in [1.82, 2.24) is 4.31 Å². The largest absolute Gasteiger partial charge is 0.346 e. The molecule has 0 bridgehead atoms. The van der Waals surface area contributed by atoms with E-state index < -0.39 is 16.3 Å². The molecule has 0 saturated carbocycles. The van der Waals surface area contributed by atoms with E-state index in [9.17, 15) is 13.2 Å². The van der Waals surface area contributed by atoms with E-state index in [0.29, 0.717) is 42.5 Å². The van der Waals surface area contributed by atoms with E-state index >= 15 is 0 Å². The van der Waals surface area contributed by atoms with Crippen LogP contribution in [0.3, 0.4) is 0 Å². The average Bonchev–Trinajstić information content (AvgIpc) is 3.23. The molecule has 0 spiro atoms. The van der Waals surface area contributed by atoms with Crippen LogP contribution in [0.2, 0.25) is 5.02 Å². The summed E-state index contributed by atoms with van der Waals surface area (Å²) in [6, 6.07) is 13.1. The minimum atomic E-state index is -3.58. The number of halogens is 1. The Morgan fingerprint density at radius 1 is 1.13 bits per heavy atom. The van der Waals surface area contributed by atoms with Crippen LogP contribution in [0.25, 0.3) is 10.1 Å². The fraction of sp³-hybridized carbons (Fsp3) is 0.318. The van der Waals surface area contributed by atoms with Crippen molar-refractivity contribution >= 4 is 55.0 Å². The van der Waals surface area contributed by atoms with E-state index in [1.807, 2.05) is 47.4 Å². The van der Waals surface area contributed by atoms with Crippen LogP contribution in [-0.2, 0) is 26.2 Å². The maximum Gasteiger partial charge on any atom is 0.244 e. The smallest absolute Gasteiger partial charge is 0.244 e. The molecule has 3 aromatic rings. The van der Waals surface area contributed by atoms with E-state index in [1.165, 1.54) is 11.3 Å². The summed E-state index contributed by atoms with van der Waals surface area (Å²) in [6.45, 7) is 1.11. The van der Waals surface area contributed by atoms with Gasteiger partial charge in [0.1, 0.15) is 4.90 Å². The Bertz CT molecular complexity index is 1240. The minimum Gasteiger partial charge on any atom is -0.346 e. The third-order valence-corrected chi connectivity index (χ3v) is 9.29. The van der Waals surface area contributed by atoms with Gasteiger partial charge in [0.05, 0.1) is 6.61 Å². The topological polar surface area (TPSA) is 66.9 Å². The van der Waals surface area contributed by atoms with Crippen molar-refractivity contribution in [2.24, 2.45) is 0 Å². The third kappa shape index (κ3) is 3.66. The molecule has 1 atom stereocenters. The summed E-state index contributed by atoms with van der Waals surface area (Å²) >= 11 is 7.57. The Morgan fingerprint density at radius 3 is 2.68 bits per heavy atom. The fourth-order valence-corrected chi connectivity index (χ4v) is 7.62. The summed E-state index contributed by atoms with van der Waals surface area (Å²) in [4.78, 5) is 14.0. The minimum absolute atomic E-state index is 0.00101. The quantitative estimate of drug-likeness (QED) is 0.526. The number of carbonyl (C=O) groups excluding carboxylic acids is 1. The number of sulfonamides is 1. The molecule has 2 aliphatic heterocycles. The number of anilines is 1. The lowest BCUT2D eigenvalue weighted by molar-refractivity contribution is -0.120. The van der Waals surface area contributed by atoms with E-state index in [1.54, 1.807) is 9.69 Å². The fourth-order valence-electron chi connectivity index (χ4n) is 4.48. The number of nitrogens with zero attached hydrogens (tertiary/aromatic N) is 2. The highest BCUT2D eigenvalue weighted by Crippen LogP contribution is 2.37. The summed E-state index contributed by atoms with van der Waals surface area (Å²) in [5, 5.41) is 3.12. The van der Waals surface area contributed by atoms with Gasteiger partial charge in [-0.15, -0.1) is 11.3 Å². The monoisotopic (exact) mass is 476 g/mol. The lowest BCUT2D eigenvalue weighted by Crippen LogP contribution is -2.53. The van der Waals surface area contributed by atoms with Crippen LogP contribution >= 0.6 is 22.9 Å². The molecule has 3 heterocycles. The second-order valence-corrected chi connectivity index (χ2v) is 11.0. The number of ether oxygens (including phenoxy) is 1. The molecule has 0 amide bonds. The van der Waals surface area contributed by atoms with Crippen molar-refractivity contribution in [1.29, 1.82) is 0 Å². The van der Waals surface area contributed by atoms with E-state index in [0.717, 1.165) is 27.6 Å². The van der Waals surface area contributed by atoms with Crippen LogP contribution in [0, 0.1) is 0 Å². The van der Waals surface area contributed by atoms with Crippen LogP contribution in [0.4, 0.5) is 5.69 Å². The van der Waals surface area contributed by atoms with Gasteiger partial charge in [-0.2, -0.15) is 4.31 Å². The zero-order valence-electron chi connectivity index (χ0n) is 16.6. The Balaban J connectivity index is 1.38. The summed E-state index contributed by atoms with van der Waals surface area (Å²) in [5.74, 6) is 0.